The van der Waals surface area contributed by atoms with Gasteiger partial charge in [-0.2, -0.15) is 0 Å². The summed E-state index contributed by atoms with van der Waals surface area (Å²) in [5, 5.41) is 3.62. The van der Waals surface area contributed by atoms with Crippen molar-refractivity contribution < 1.29 is 4.74 Å². The van der Waals surface area contributed by atoms with Crippen LogP contribution < -0.4 is 10.1 Å². The molecule has 0 heterocycles. The predicted molar refractivity (Wildman–Crippen MR) is 162 cm³/mol. The molecule has 1 N–H and O–H groups in total. The van der Waals surface area contributed by atoms with E-state index in [1.54, 1.807) is 0 Å². The molecular weight excluding hydrogens is 462 g/mol. The van der Waals surface area contributed by atoms with E-state index in [1.807, 2.05) is 0 Å². The molecule has 38 heavy (non-hydrogen) atoms. The number of hydrogen-bond acceptors (Lipinski definition) is 2. The summed E-state index contributed by atoms with van der Waals surface area (Å²) in [7, 11) is 0. The van der Waals surface area contributed by atoms with Crippen LogP contribution >= 0.6 is 0 Å². The number of unbranched alkanes of at least 4 members (excludes halogenated alkanes) is 2. The van der Waals surface area contributed by atoms with Crippen LogP contribution in [0.1, 0.15) is 96.3 Å². The Hall–Kier alpha value is -2.58. The minimum atomic E-state index is 0.183. The summed E-state index contributed by atoms with van der Waals surface area (Å²) >= 11 is 0. The van der Waals surface area contributed by atoms with Gasteiger partial charge in [0.05, 0.1) is 6.61 Å². The summed E-state index contributed by atoms with van der Waals surface area (Å²) in [6, 6.07) is 23.6. The van der Waals surface area contributed by atoms with Gasteiger partial charge in [-0.1, -0.05) is 83.1 Å². The summed E-state index contributed by atoms with van der Waals surface area (Å²) < 4.78 is 6.50. The van der Waals surface area contributed by atoms with Gasteiger partial charge in [0, 0.05) is 11.6 Å². The first-order chi connectivity index (χ1) is 18.3. The number of nitrogens with one attached hydrogen (secondary N) is 1. The molecule has 0 amide bonds. The molecule has 0 unspecified atom stereocenters. The van der Waals surface area contributed by atoms with Crippen LogP contribution in [0, 0.1) is 0 Å². The van der Waals surface area contributed by atoms with Crippen LogP contribution in [0.5, 0.6) is 5.75 Å². The van der Waals surface area contributed by atoms with Gasteiger partial charge in [-0.25, -0.2) is 0 Å². The lowest BCUT2D eigenvalue weighted by molar-refractivity contribution is 0.306. The first-order valence-corrected chi connectivity index (χ1v) is 15.0. The Kier molecular flexibility index (Phi) is 8.00. The Morgan fingerprint density at radius 3 is 2.24 bits per heavy atom. The van der Waals surface area contributed by atoms with Crippen LogP contribution in [0.4, 0.5) is 0 Å². The molecule has 0 aromatic heterocycles. The van der Waals surface area contributed by atoms with Gasteiger partial charge < -0.3 is 10.1 Å². The highest BCUT2D eigenvalue weighted by Gasteiger charge is 2.37. The van der Waals surface area contributed by atoms with Gasteiger partial charge in [-0.05, 0) is 114 Å². The Bertz CT molecular complexity index is 1250. The van der Waals surface area contributed by atoms with E-state index >= 15 is 0 Å². The van der Waals surface area contributed by atoms with E-state index in [4.69, 9.17) is 4.74 Å². The first-order valence-electron chi connectivity index (χ1n) is 15.0. The molecule has 2 aliphatic rings. The van der Waals surface area contributed by atoms with Crippen molar-refractivity contribution in [2.45, 2.75) is 103 Å². The predicted octanol–water partition coefficient (Wildman–Crippen LogP) is 9.23. The van der Waals surface area contributed by atoms with Gasteiger partial charge in [-0.3, -0.25) is 0 Å². The van der Waals surface area contributed by atoms with Gasteiger partial charge >= 0.3 is 0 Å². The second-order valence-corrected chi connectivity index (χ2v) is 12.9. The van der Waals surface area contributed by atoms with Crippen molar-refractivity contribution in [3.8, 4) is 28.0 Å². The van der Waals surface area contributed by atoms with E-state index in [2.05, 4.69) is 101 Å². The van der Waals surface area contributed by atoms with Crippen molar-refractivity contribution >= 4 is 0 Å². The molecule has 0 aliphatic heterocycles. The minimum Gasteiger partial charge on any atom is -0.493 e. The van der Waals surface area contributed by atoms with Crippen molar-refractivity contribution in [3.05, 3.63) is 77.4 Å². The summed E-state index contributed by atoms with van der Waals surface area (Å²) in [4.78, 5) is 0. The summed E-state index contributed by atoms with van der Waals surface area (Å²) in [5.74, 6) is 1.01. The van der Waals surface area contributed by atoms with E-state index in [-0.39, 0.29) is 10.8 Å². The second kappa shape index (κ2) is 11.3. The number of fused-ring (bicyclic) bond motifs is 1. The molecule has 202 valence electrons. The Labute approximate surface area is 231 Å². The third-order valence-corrected chi connectivity index (χ3v) is 8.94. The standard InChI is InChI=1S/C36H47NO/c1-6-26-12-8-9-13-30(26)27-15-19-34(38-23-11-7-10-22-37-29-16-17-29)31(24-27)28-14-18-32-33(25-28)36(4,5)21-20-35(32,2)3/h8-9,12-15,18-19,24-25,29,37H,6-7,10-11,16-17,20-23H2,1-5H3. The molecule has 0 atom stereocenters. The van der Waals surface area contributed by atoms with Gasteiger partial charge in [0.25, 0.3) is 0 Å². The largest absolute Gasteiger partial charge is 0.493 e. The number of ether oxygens (including phenoxy) is 1. The Balaban J connectivity index is 1.44. The molecule has 0 spiro atoms. The average Bonchev–Trinajstić information content (AvgIpc) is 3.75. The molecule has 5 rings (SSSR count). The molecule has 0 bridgehead atoms. The third-order valence-electron chi connectivity index (χ3n) is 8.94. The highest BCUT2D eigenvalue weighted by Crippen LogP contribution is 2.47. The molecule has 2 aliphatic carbocycles. The molecular formula is C36H47NO. The zero-order valence-electron chi connectivity index (χ0n) is 24.3. The molecule has 0 saturated heterocycles. The normalized spacial score (nSPS) is 17.7. The fraction of sp³-hybridized carbons (Fsp3) is 0.500. The molecule has 1 fully saturated rings. The number of aryl methyl sites for hydroxylation is 1. The zero-order chi connectivity index (χ0) is 26.8. The molecule has 3 aromatic rings. The van der Waals surface area contributed by atoms with E-state index < -0.39 is 0 Å². The molecule has 1 saturated carbocycles. The van der Waals surface area contributed by atoms with E-state index in [9.17, 15) is 0 Å². The number of rotatable bonds is 11. The lowest BCUT2D eigenvalue weighted by Gasteiger charge is -2.42. The smallest absolute Gasteiger partial charge is 0.127 e. The summed E-state index contributed by atoms with van der Waals surface area (Å²) in [6.07, 6.45) is 9.75. The first kappa shape index (κ1) is 27.0. The van der Waals surface area contributed by atoms with Gasteiger partial charge in [0.1, 0.15) is 5.75 Å². The highest BCUT2D eigenvalue weighted by molar-refractivity contribution is 5.79. The van der Waals surface area contributed by atoms with Crippen molar-refractivity contribution in [2.75, 3.05) is 13.2 Å². The number of hydrogen-bond donors (Lipinski definition) is 1. The third kappa shape index (κ3) is 6.01. The van der Waals surface area contributed by atoms with Crippen molar-refractivity contribution in [1.29, 1.82) is 0 Å². The average molecular weight is 510 g/mol. The van der Waals surface area contributed by atoms with Crippen molar-refractivity contribution in [3.63, 3.8) is 0 Å². The quantitative estimate of drug-likeness (QED) is 0.260. The van der Waals surface area contributed by atoms with Crippen LogP contribution in [0.15, 0.2) is 60.7 Å². The van der Waals surface area contributed by atoms with Crippen LogP contribution in [-0.2, 0) is 17.3 Å². The van der Waals surface area contributed by atoms with Gasteiger partial charge in [0.15, 0.2) is 0 Å². The lowest BCUT2D eigenvalue weighted by Crippen LogP contribution is -2.33. The lowest BCUT2D eigenvalue weighted by atomic mass is 9.63. The van der Waals surface area contributed by atoms with E-state index in [0.29, 0.717) is 0 Å². The molecule has 2 heteroatoms. The Morgan fingerprint density at radius 2 is 1.47 bits per heavy atom. The van der Waals surface area contributed by atoms with Gasteiger partial charge in [-0.15, -0.1) is 0 Å². The zero-order valence-corrected chi connectivity index (χ0v) is 24.3. The van der Waals surface area contributed by atoms with Crippen molar-refractivity contribution in [2.24, 2.45) is 0 Å². The van der Waals surface area contributed by atoms with Crippen LogP contribution in [-0.4, -0.2) is 19.2 Å². The fourth-order valence-corrected chi connectivity index (χ4v) is 6.10. The molecule has 2 nitrogen and oxygen atoms in total. The number of benzene rings is 3. The van der Waals surface area contributed by atoms with E-state index in [1.165, 1.54) is 77.5 Å². The van der Waals surface area contributed by atoms with Crippen LogP contribution in [0.2, 0.25) is 0 Å². The monoisotopic (exact) mass is 509 g/mol. The molecule has 0 radical (unpaired) electrons. The van der Waals surface area contributed by atoms with Crippen LogP contribution in [0.25, 0.3) is 22.3 Å². The molecule has 3 aromatic carbocycles. The maximum Gasteiger partial charge on any atom is 0.127 e. The highest BCUT2D eigenvalue weighted by atomic mass is 16.5. The van der Waals surface area contributed by atoms with E-state index in [0.717, 1.165) is 37.8 Å². The van der Waals surface area contributed by atoms with Crippen LogP contribution in [0.3, 0.4) is 0 Å². The minimum absolute atomic E-state index is 0.183. The summed E-state index contributed by atoms with van der Waals surface area (Å²) in [6.45, 7) is 13.8. The SMILES string of the molecule is CCc1ccccc1-c1ccc(OCCCCCNC2CC2)c(-c2ccc3c(c2)C(C)(C)CCC3(C)C)c1. The van der Waals surface area contributed by atoms with Crippen molar-refractivity contribution in [1.82, 2.24) is 5.32 Å². The maximum absolute atomic E-state index is 6.50. The maximum atomic E-state index is 6.50. The second-order valence-electron chi connectivity index (χ2n) is 12.9. The summed E-state index contributed by atoms with van der Waals surface area (Å²) in [5.41, 5.74) is 9.88. The Morgan fingerprint density at radius 1 is 0.763 bits per heavy atom. The fourth-order valence-electron chi connectivity index (χ4n) is 6.10. The topological polar surface area (TPSA) is 21.3 Å². The van der Waals surface area contributed by atoms with Gasteiger partial charge in [0.2, 0.25) is 0 Å².